The lowest BCUT2D eigenvalue weighted by Crippen LogP contribution is -2.34. The normalized spacial score (nSPS) is 9.86. The lowest BCUT2D eigenvalue weighted by molar-refractivity contribution is -0.384. The molecule has 0 fully saturated rings. The zero-order valence-electron chi connectivity index (χ0n) is 11.4. The Labute approximate surface area is 130 Å². The maximum Gasteiger partial charge on any atom is 0.296 e. The number of benzene rings is 1. The molecule has 8 nitrogen and oxygen atoms in total. The molecule has 1 amide bonds. The molecule has 114 valence electrons. The van der Waals surface area contributed by atoms with Gasteiger partial charge in [-0.05, 0) is 36.5 Å². The summed E-state index contributed by atoms with van der Waals surface area (Å²) < 4.78 is 9.85. The third kappa shape index (κ3) is 3.58. The van der Waals surface area contributed by atoms with Crippen LogP contribution in [0.3, 0.4) is 0 Å². The Morgan fingerprint density at radius 2 is 2.18 bits per heavy atom. The number of amides is 1. The molecule has 1 aromatic carbocycles. The fourth-order valence-electron chi connectivity index (χ4n) is 1.62. The Kier molecular flexibility index (Phi) is 4.69. The van der Waals surface area contributed by atoms with Gasteiger partial charge in [0.2, 0.25) is 0 Å². The topological polar surface area (TPSA) is 107 Å². The molecule has 0 spiro atoms. The minimum absolute atomic E-state index is 0.0772. The van der Waals surface area contributed by atoms with E-state index >= 15 is 0 Å². The molecule has 0 radical (unpaired) electrons. The molecule has 0 aliphatic rings. The van der Waals surface area contributed by atoms with Gasteiger partial charge in [-0.1, -0.05) is 0 Å². The van der Waals surface area contributed by atoms with Gasteiger partial charge in [-0.3, -0.25) is 20.2 Å². The third-order valence-corrected chi connectivity index (χ3v) is 2.83. The van der Waals surface area contributed by atoms with Gasteiger partial charge in [0.1, 0.15) is 11.4 Å². The Balaban J connectivity index is 2.11. The summed E-state index contributed by atoms with van der Waals surface area (Å²) in [7, 11) is 1.40. The van der Waals surface area contributed by atoms with E-state index in [0.29, 0.717) is 5.75 Å². The quantitative estimate of drug-likeness (QED) is 0.505. The molecule has 0 aliphatic carbocycles. The fraction of sp³-hybridized carbons (Fsp3) is 0.0769. The van der Waals surface area contributed by atoms with E-state index in [1.807, 2.05) is 0 Å². The van der Waals surface area contributed by atoms with E-state index in [0.717, 1.165) is 0 Å². The first-order valence-corrected chi connectivity index (χ1v) is 6.40. The van der Waals surface area contributed by atoms with Gasteiger partial charge in [0, 0.05) is 0 Å². The number of carbonyl (C=O) groups is 1. The summed E-state index contributed by atoms with van der Waals surface area (Å²) in [6.07, 6.45) is 1.35. The van der Waals surface area contributed by atoms with Gasteiger partial charge in [0.25, 0.3) is 11.6 Å². The standard InChI is InChI=1S/C13H11N3O5S/c1-20-8-4-5-9(10(7-8)16(18)19)14-13(22)15-12(17)11-3-2-6-21-11/h2-7H,1H3,(H2,14,15,17,22). The molecule has 0 saturated carbocycles. The number of nitrogens with one attached hydrogen (secondary N) is 2. The van der Waals surface area contributed by atoms with E-state index in [4.69, 9.17) is 21.4 Å². The number of carbonyl (C=O) groups excluding carboxylic acids is 1. The summed E-state index contributed by atoms with van der Waals surface area (Å²) >= 11 is 4.96. The van der Waals surface area contributed by atoms with Gasteiger partial charge in [-0.15, -0.1) is 0 Å². The molecular weight excluding hydrogens is 310 g/mol. The Hall–Kier alpha value is -2.94. The molecule has 0 unspecified atom stereocenters. The maximum atomic E-state index is 11.7. The number of furan rings is 1. The average Bonchev–Trinajstić information content (AvgIpc) is 3.01. The highest BCUT2D eigenvalue weighted by atomic mass is 32.1. The van der Waals surface area contributed by atoms with E-state index in [1.54, 1.807) is 6.07 Å². The highest BCUT2D eigenvalue weighted by Gasteiger charge is 2.17. The van der Waals surface area contributed by atoms with Crippen molar-refractivity contribution in [1.82, 2.24) is 5.32 Å². The first kappa shape index (κ1) is 15.4. The summed E-state index contributed by atoms with van der Waals surface area (Å²) in [4.78, 5) is 22.2. The molecule has 2 N–H and O–H groups in total. The minimum Gasteiger partial charge on any atom is -0.496 e. The summed E-state index contributed by atoms with van der Waals surface area (Å²) in [5.74, 6) is -0.144. The van der Waals surface area contributed by atoms with Crippen LogP contribution in [0.2, 0.25) is 0 Å². The van der Waals surface area contributed by atoms with Crippen molar-refractivity contribution in [2.45, 2.75) is 0 Å². The first-order valence-electron chi connectivity index (χ1n) is 5.99. The Morgan fingerprint density at radius 3 is 2.77 bits per heavy atom. The van der Waals surface area contributed by atoms with Crippen LogP contribution in [0, 0.1) is 10.1 Å². The van der Waals surface area contributed by atoms with Crippen LogP contribution in [0.15, 0.2) is 41.0 Å². The van der Waals surface area contributed by atoms with E-state index < -0.39 is 10.8 Å². The number of nitrogens with zero attached hydrogens (tertiary/aromatic N) is 1. The van der Waals surface area contributed by atoms with Crippen LogP contribution < -0.4 is 15.4 Å². The van der Waals surface area contributed by atoms with Gasteiger partial charge in [0.05, 0.1) is 24.4 Å². The van der Waals surface area contributed by atoms with Crippen LogP contribution >= 0.6 is 12.2 Å². The SMILES string of the molecule is COc1ccc(NC(=S)NC(=O)c2ccco2)c([N+](=O)[O-])c1. The van der Waals surface area contributed by atoms with Crippen LogP contribution in [0.1, 0.15) is 10.6 Å². The van der Waals surface area contributed by atoms with Crippen LogP contribution in [-0.4, -0.2) is 23.1 Å². The van der Waals surface area contributed by atoms with Gasteiger partial charge in [-0.2, -0.15) is 0 Å². The Bertz CT molecular complexity index is 714. The Morgan fingerprint density at radius 1 is 1.41 bits per heavy atom. The van der Waals surface area contributed by atoms with Crippen LogP contribution in [-0.2, 0) is 0 Å². The van der Waals surface area contributed by atoms with E-state index in [9.17, 15) is 14.9 Å². The van der Waals surface area contributed by atoms with Crippen molar-refractivity contribution in [3.63, 3.8) is 0 Å². The molecule has 9 heteroatoms. The number of hydrogen-bond donors (Lipinski definition) is 2. The van der Waals surface area contributed by atoms with Crippen LogP contribution in [0.4, 0.5) is 11.4 Å². The molecule has 2 aromatic rings. The molecule has 0 aliphatic heterocycles. The van der Waals surface area contributed by atoms with Gasteiger partial charge < -0.3 is 14.5 Å². The number of thiocarbonyl (C=S) groups is 1. The third-order valence-electron chi connectivity index (χ3n) is 2.62. The van der Waals surface area contributed by atoms with Gasteiger partial charge in [-0.25, -0.2) is 0 Å². The highest BCUT2D eigenvalue weighted by Crippen LogP contribution is 2.28. The van der Waals surface area contributed by atoms with E-state index in [2.05, 4.69) is 10.6 Å². The second-order valence-corrected chi connectivity index (χ2v) is 4.43. The van der Waals surface area contributed by atoms with Crippen molar-refractivity contribution in [2.24, 2.45) is 0 Å². The van der Waals surface area contributed by atoms with Crippen LogP contribution in [0.25, 0.3) is 0 Å². The van der Waals surface area contributed by atoms with Crippen molar-refractivity contribution in [2.75, 3.05) is 12.4 Å². The molecule has 0 atom stereocenters. The van der Waals surface area contributed by atoms with Gasteiger partial charge in [0.15, 0.2) is 10.9 Å². The molecular formula is C13H11N3O5S. The summed E-state index contributed by atoms with van der Waals surface area (Å²) in [6.45, 7) is 0. The predicted octanol–water partition coefficient (Wildman–Crippen LogP) is 2.32. The number of nitro benzene ring substituents is 1. The number of rotatable bonds is 4. The van der Waals surface area contributed by atoms with Crippen molar-refractivity contribution < 1.29 is 18.9 Å². The first-order chi connectivity index (χ1) is 10.5. The second kappa shape index (κ2) is 6.68. The second-order valence-electron chi connectivity index (χ2n) is 4.03. The molecule has 0 saturated heterocycles. The number of methoxy groups -OCH3 is 1. The summed E-state index contributed by atoms with van der Waals surface area (Å²) in [6, 6.07) is 7.24. The van der Waals surface area contributed by atoms with Crippen molar-refractivity contribution in [3.8, 4) is 5.75 Å². The molecule has 22 heavy (non-hydrogen) atoms. The van der Waals surface area contributed by atoms with Gasteiger partial charge >= 0.3 is 0 Å². The summed E-state index contributed by atoms with van der Waals surface area (Å²) in [5, 5.41) is 15.9. The molecule has 1 heterocycles. The number of nitro groups is 1. The molecule has 1 aromatic heterocycles. The summed E-state index contributed by atoms with van der Waals surface area (Å²) in [5.41, 5.74) is -0.0931. The lowest BCUT2D eigenvalue weighted by Gasteiger charge is -2.09. The van der Waals surface area contributed by atoms with Crippen LogP contribution in [0.5, 0.6) is 5.75 Å². The largest absolute Gasteiger partial charge is 0.496 e. The number of ether oxygens (including phenoxy) is 1. The number of hydrogen-bond acceptors (Lipinski definition) is 6. The maximum absolute atomic E-state index is 11.7. The molecule has 0 bridgehead atoms. The van der Waals surface area contributed by atoms with Crippen molar-refractivity contribution in [3.05, 3.63) is 52.5 Å². The monoisotopic (exact) mass is 321 g/mol. The minimum atomic E-state index is -0.582. The highest BCUT2D eigenvalue weighted by molar-refractivity contribution is 7.80. The van der Waals surface area contributed by atoms with E-state index in [1.165, 1.54) is 37.6 Å². The zero-order chi connectivity index (χ0) is 16.1. The van der Waals surface area contributed by atoms with Crippen molar-refractivity contribution >= 4 is 34.6 Å². The lowest BCUT2D eigenvalue weighted by atomic mass is 10.2. The van der Waals surface area contributed by atoms with E-state index in [-0.39, 0.29) is 22.2 Å². The number of anilines is 1. The fourth-order valence-corrected chi connectivity index (χ4v) is 1.82. The zero-order valence-corrected chi connectivity index (χ0v) is 12.2. The predicted molar refractivity (Wildman–Crippen MR) is 82.0 cm³/mol. The molecule has 2 rings (SSSR count). The van der Waals surface area contributed by atoms with Crippen molar-refractivity contribution in [1.29, 1.82) is 0 Å². The smallest absolute Gasteiger partial charge is 0.296 e. The average molecular weight is 321 g/mol.